The van der Waals surface area contributed by atoms with Gasteiger partial charge in [-0.3, -0.25) is 4.79 Å². The van der Waals surface area contributed by atoms with Gasteiger partial charge in [0.2, 0.25) is 15.3 Å². The van der Waals surface area contributed by atoms with Crippen LogP contribution in [0, 0.1) is 13.8 Å². The lowest BCUT2D eigenvalue weighted by atomic mass is 10.2. The summed E-state index contributed by atoms with van der Waals surface area (Å²) < 4.78 is 26.2. The van der Waals surface area contributed by atoms with Crippen molar-refractivity contribution in [3.63, 3.8) is 0 Å². The first-order valence-corrected chi connectivity index (χ1v) is 6.89. The molecule has 0 radical (unpaired) electrons. The standard InChI is InChI=1S/C11H14ClNO3S/c1-7-4-5-8(2)10(6-7)17(15,16)13-9(3)11(12)14/h4-6,9,13H,1-3H3. The topological polar surface area (TPSA) is 63.2 Å². The number of halogens is 1. The summed E-state index contributed by atoms with van der Waals surface area (Å²) in [7, 11) is -3.71. The summed E-state index contributed by atoms with van der Waals surface area (Å²) in [5.41, 5.74) is 1.46. The second kappa shape index (κ2) is 5.16. The molecule has 6 heteroatoms. The van der Waals surface area contributed by atoms with Gasteiger partial charge in [0.15, 0.2) is 0 Å². The quantitative estimate of drug-likeness (QED) is 0.852. The van der Waals surface area contributed by atoms with Crippen molar-refractivity contribution in [2.45, 2.75) is 31.7 Å². The van der Waals surface area contributed by atoms with E-state index in [1.807, 2.05) is 6.07 Å². The molecule has 0 bridgehead atoms. The molecule has 17 heavy (non-hydrogen) atoms. The molecule has 0 aliphatic rings. The predicted molar refractivity (Wildman–Crippen MR) is 66.6 cm³/mol. The third kappa shape index (κ3) is 3.52. The van der Waals surface area contributed by atoms with E-state index in [0.717, 1.165) is 5.56 Å². The average molecular weight is 276 g/mol. The van der Waals surface area contributed by atoms with E-state index in [1.54, 1.807) is 26.0 Å². The van der Waals surface area contributed by atoms with Gasteiger partial charge in [-0.2, -0.15) is 4.72 Å². The molecule has 0 saturated heterocycles. The first-order chi connectivity index (χ1) is 7.74. The monoisotopic (exact) mass is 275 g/mol. The number of rotatable bonds is 4. The van der Waals surface area contributed by atoms with E-state index in [4.69, 9.17) is 11.6 Å². The fraction of sp³-hybridized carbons (Fsp3) is 0.364. The molecule has 1 aromatic rings. The second-order valence-corrected chi connectivity index (χ2v) is 5.97. The predicted octanol–water partition coefficient (Wildman–Crippen LogP) is 1.74. The zero-order valence-corrected chi connectivity index (χ0v) is 11.4. The van der Waals surface area contributed by atoms with Crippen molar-refractivity contribution in [1.29, 1.82) is 0 Å². The van der Waals surface area contributed by atoms with Crippen LogP contribution < -0.4 is 4.72 Å². The third-order valence-electron chi connectivity index (χ3n) is 2.31. The maximum atomic E-state index is 12.0. The minimum atomic E-state index is -3.71. The Bertz CT molecular complexity index is 540. The molecule has 1 atom stereocenters. The molecule has 4 nitrogen and oxygen atoms in total. The van der Waals surface area contributed by atoms with Gasteiger partial charge in [0.1, 0.15) is 0 Å². The fourth-order valence-electron chi connectivity index (χ4n) is 1.34. The molecule has 0 amide bonds. The van der Waals surface area contributed by atoms with Crippen LogP contribution in [0.2, 0.25) is 0 Å². The van der Waals surface area contributed by atoms with Crippen LogP contribution >= 0.6 is 11.6 Å². The molecular weight excluding hydrogens is 262 g/mol. The largest absolute Gasteiger partial charge is 0.279 e. The number of sulfonamides is 1. The first kappa shape index (κ1) is 14.2. The molecule has 0 aliphatic heterocycles. The molecule has 0 aromatic heterocycles. The van der Waals surface area contributed by atoms with Gasteiger partial charge in [-0.15, -0.1) is 0 Å². The smallest absolute Gasteiger partial charge is 0.241 e. The summed E-state index contributed by atoms with van der Waals surface area (Å²) in [6, 6.07) is 4.16. The zero-order chi connectivity index (χ0) is 13.2. The van der Waals surface area contributed by atoms with Crippen molar-refractivity contribution in [2.75, 3.05) is 0 Å². The lowest BCUT2D eigenvalue weighted by molar-refractivity contribution is -0.112. The van der Waals surface area contributed by atoms with Crippen molar-refractivity contribution in [2.24, 2.45) is 0 Å². The number of carbonyl (C=O) groups excluding carboxylic acids is 1. The summed E-state index contributed by atoms with van der Waals surface area (Å²) in [6.45, 7) is 4.90. The van der Waals surface area contributed by atoms with Gasteiger partial charge in [0.05, 0.1) is 10.9 Å². The van der Waals surface area contributed by atoms with Crippen molar-refractivity contribution in [1.82, 2.24) is 4.72 Å². The molecule has 0 saturated carbocycles. The minimum Gasteiger partial charge on any atom is -0.279 e. The summed E-state index contributed by atoms with van der Waals surface area (Å²) in [5, 5.41) is -0.737. The number of benzene rings is 1. The average Bonchev–Trinajstić information content (AvgIpc) is 2.20. The molecular formula is C11H14ClNO3S. The van der Waals surface area contributed by atoms with Gasteiger partial charge >= 0.3 is 0 Å². The van der Waals surface area contributed by atoms with Gasteiger partial charge in [-0.25, -0.2) is 8.42 Å². The molecule has 0 heterocycles. The van der Waals surface area contributed by atoms with Crippen LogP contribution in [0.1, 0.15) is 18.1 Å². The summed E-state index contributed by atoms with van der Waals surface area (Å²) in [6.07, 6.45) is 0. The van der Waals surface area contributed by atoms with Gasteiger partial charge in [0.25, 0.3) is 0 Å². The van der Waals surface area contributed by atoms with Crippen molar-refractivity contribution >= 4 is 26.9 Å². The van der Waals surface area contributed by atoms with Crippen LogP contribution in [-0.2, 0) is 14.8 Å². The maximum Gasteiger partial charge on any atom is 0.241 e. The lowest BCUT2D eigenvalue weighted by Gasteiger charge is -2.12. The zero-order valence-electron chi connectivity index (χ0n) is 9.82. The van der Waals surface area contributed by atoms with E-state index in [9.17, 15) is 13.2 Å². The Labute approximate surface area is 106 Å². The number of nitrogens with one attached hydrogen (secondary N) is 1. The van der Waals surface area contributed by atoms with E-state index in [1.165, 1.54) is 6.92 Å². The van der Waals surface area contributed by atoms with Crippen molar-refractivity contribution in [3.8, 4) is 0 Å². The molecule has 1 aromatic carbocycles. The Hall–Kier alpha value is -0.910. The Morgan fingerprint density at radius 2 is 1.94 bits per heavy atom. The van der Waals surface area contributed by atoms with Crippen LogP contribution in [0.15, 0.2) is 23.1 Å². The fourth-order valence-corrected chi connectivity index (χ4v) is 2.99. The van der Waals surface area contributed by atoms with Gasteiger partial charge < -0.3 is 0 Å². The Kier molecular flexibility index (Phi) is 4.30. The maximum absolute atomic E-state index is 12.0. The van der Waals surface area contributed by atoms with Gasteiger partial charge in [-0.1, -0.05) is 12.1 Å². The number of hydrogen-bond acceptors (Lipinski definition) is 3. The molecule has 0 fully saturated rings. The van der Waals surface area contributed by atoms with E-state index >= 15 is 0 Å². The number of carbonyl (C=O) groups is 1. The van der Waals surface area contributed by atoms with E-state index in [2.05, 4.69) is 4.72 Å². The normalized spacial score (nSPS) is 13.4. The third-order valence-corrected chi connectivity index (χ3v) is 4.32. The van der Waals surface area contributed by atoms with E-state index < -0.39 is 21.3 Å². The minimum absolute atomic E-state index is 0.169. The Balaban J connectivity index is 3.13. The highest BCUT2D eigenvalue weighted by molar-refractivity contribution is 7.89. The number of aryl methyl sites for hydroxylation is 2. The Morgan fingerprint density at radius 3 is 2.47 bits per heavy atom. The highest BCUT2D eigenvalue weighted by Crippen LogP contribution is 2.17. The van der Waals surface area contributed by atoms with Crippen molar-refractivity contribution < 1.29 is 13.2 Å². The summed E-state index contributed by atoms with van der Waals surface area (Å²) >= 11 is 5.23. The first-order valence-electron chi connectivity index (χ1n) is 5.03. The molecule has 1 N–H and O–H groups in total. The van der Waals surface area contributed by atoms with Gasteiger partial charge in [0, 0.05) is 0 Å². The van der Waals surface area contributed by atoms with Crippen LogP contribution in [0.25, 0.3) is 0 Å². The highest BCUT2D eigenvalue weighted by Gasteiger charge is 2.22. The van der Waals surface area contributed by atoms with E-state index in [0.29, 0.717) is 5.56 Å². The van der Waals surface area contributed by atoms with E-state index in [-0.39, 0.29) is 4.90 Å². The van der Waals surface area contributed by atoms with Gasteiger partial charge in [-0.05, 0) is 49.6 Å². The molecule has 0 aliphatic carbocycles. The van der Waals surface area contributed by atoms with Crippen LogP contribution in [0.4, 0.5) is 0 Å². The number of hydrogen-bond donors (Lipinski definition) is 1. The molecule has 94 valence electrons. The molecule has 1 rings (SSSR count). The van der Waals surface area contributed by atoms with Crippen LogP contribution in [0.3, 0.4) is 0 Å². The molecule has 0 spiro atoms. The molecule has 1 unspecified atom stereocenters. The van der Waals surface area contributed by atoms with Crippen LogP contribution in [-0.4, -0.2) is 19.7 Å². The van der Waals surface area contributed by atoms with Crippen LogP contribution in [0.5, 0.6) is 0 Å². The lowest BCUT2D eigenvalue weighted by Crippen LogP contribution is -2.36. The van der Waals surface area contributed by atoms with Crippen molar-refractivity contribution in [3.05, 3.63) is 29.3 Å². The SMILES string of the molecule is Cc1ccc(C)c(S(=O)(=O)NC(C)C(=O)Cl)c1. The highest BCUT2D eigenvalue weighted by atomic mass is 35.5. The summed E-state index contributed by atoms with van der Waals surface area (Å²) in [5.74, 6) is 0. The summed E-state index contributed by atoms with van der Waals surface area (Å²) in [4.78, 5) is 11.0. The second-order valence-electron chi connectivity index (χ2n) is 3.92. The Morgan fingerprint density at radius 1 is 1.35 bits per heavy atom.